The van der Waals surface area contributed by atoms with Gasteiger partial charge in [0.15, 0.2) is 0 Å². The average molecular weight is 192 g/mol. The molecule has 1 aromatic carbocycles. The quantitative estimate of drug-likeness (QED) is 0.768. The molecule has 0 heterocycles. The average Bonchev–Trinajstić information content (AvgIpc) is 3.01. The molecular formula is C11H16N2O. The first-order valence-electron chi connectivity index (χ1n) is 4.99. The summed E-state index contributed by atoms with van der Waals surface area (Å²) in [5.74, 6) is 0.946. The Morgan fingerprint density at radius 1 is 1.21 bits per heavy atom. The molecule has 1 aliphatic rings. The Balaban J connectivity index is 2.21. The van der Waals surface area contributed by atoms with Gasteiger partial charge in [0, 0.05) is 25.8 Å². The molecule has 0 saturated heterocycles. The standard InChI is InChI=1S/C11H16N2O/c1-12-8-3-6-10(13-2)11(7-8)14-9-4-5-9/h3,6-7,9,12-13H,4-5H2,1-2H3. The molecule has 0 aromatic heterocycles. The second-order valence-electron chi connectivity index (χ2n) is 3.53. The van der Waals surface area contributed by atoms with Crippen molar-refractivity contribution in [3.05, 3.63) is 18.2 Å². The van der Waals surface area contributed by atoms with E-state index in [0.717, 1.165) is 17.1 Å². The van der Waals surface area contributed by atoms with Crippen LogP contribution >= 0.6 is 0 Å². The summed E-state index contributed by atoms with van der Waals surface area (Å²) in [7, 11) is 3.82. The predicted molar refractivity (Wildman–Crippen MR) is 59.2 cm³/mol. The van der Waals surface area contributed by atoms with Crippen molar-refractivity contribution in [1.82, 2.24) is 0 Å². The van der Waals surface area contributed by atoms with Gasteiger partial charge < -0.3 is 15.4 Å². The molecule has 2 rings (SSSR count). The van der Waals surface area contributed by atoms with Gasteiger partial charge in [0.05, 0.1) is 11.8 Å². The molecule has 3 nitrogen and oxygen atoms in total. The van der Waals surface area contributed by atoms with Crippen LogP contribution in [0.1, 0.15) is 12.8 Å². The maximum Gasteiger partial charge on any atom is 0.144 e. The molecule has 0 bridgehead atoms. The molecule has 0 radical (unpaired) electrons. The van der Waals surface area contributed by atoms with Crippen molar-refractivity contribution in [2.75, 3.05) is 24.7 Å². The van der Waals surface area contributed by atoms with E-state index < -0.39 is 0 Å². The van der Waals surface area contributed by atoms with Crippen molar-refractivity contribution >= 4 is 11.4 Å². The number of benzene rings is 1. The first-order chi connectivity index (χ1) is 6.83. The number of hydrogen-bond donors (Lipinski definition) is 2. The Bertz CT molecular complexity index is 321. The van der Waals surface area contributed by atoms with Crippen LogP contribution in [0.25, 0.3) is 0 Å². The van der Waals surface area contributed by atoms with Crippen molar-refractivity contribution in [1.29, 1.82) is 0 Å². The largest absolute Gasteiger partial charge is 0.488 e. The summed E-state index contributed by atoms with van der Waals surface area (Å²) in [6, 6.07) is 6.10. The first-order valence-corrected chi connectivity index (χ1v) is 4.99. The minimum Gasteiger partial charge on any atom is -0.488 e. The third kappa shape index (κ3) is 1.92. The monoisotopic (exact) mass is 192 g/mol. The topological polar surface area (TPSA) is 33.3 Å². The van der Waals surface area contributed by atoms with Crippen LogP contribution in [0.3, 0.4) is 0 Å². The minimum atomic E-state index is 0.439. The van der Waals surface area contributed by atoms with Crippen LogP contribution in [-0.2, 0) is 0 Å². The Kier molecular flexibility index (Phi) is 2.48. The molecule has 0 atom stereocenters. The smallest absolute Gasteiger partial charge is 0.144 e. The molecule has 2 N–H and O–H groups in total. The second-order valence-corrected chi connectivity index (χ2v) is 3.53. The highest BCUT2D eigenvalue weighted by Gasteiger charge is 2.24. The summed E-state index contributed by atoms with van der Waals surface area (Å²) in [5.41, 5.74) is 2.13. The van der Waals surface area contributed by atoms with Crippen LogP contribution in [0.4, 0.5) is 11.4 Å². The van der Waals surface area contributed by atoms with E-state index in [1.807, 2.05) is 32.3 Å². The fourth-order valence-corrected chi connectivity index (χ4v) is 1.35. The third-order valence-electron chi connectivity index (χ3n) is 2.36. The third-order valence-corrected chi connectivity index (χ3v) is 2.36. The van der Waals surface area contributed by atoms with Gasteiger partial charge in [-0.1, -0.05) is 0 Å². The van der Waals surface area contributed by atoms with Crippen LogP contribution in [0.5, 0.6) is 5.75 Å². The van der Waals surface area contributed by atoms with Crippen LogP contribution in [0.2, 0.25) is 0 Å². The van der Waals surface area contributed by atoms with Crippen molar-refractivity contribution in [3.8, 4) is 5.75 Å². The van der Waals surface area contributed by atoms with Crippen molar-refractivity contribution in [3.63, 3.8) is 0 Å². The van der Waals surface area contributed by atoms with E-state index >= 15 is 0 Å². The Morgan fingerprint density at radius 2 is 2.00 bits per heavy atom. The SMILES string of the molecule is CNc1ccc(NC)c(OC2CC2)c1. The molecule has 14 heavy (non-hydrogen) atoms. The van der Waals surface area contributed by atoms with Crippen molar-refractivity contribution in [2.45, 2.75) is 18.9 Å². The summed E-state index contributed by atoms with van der Waals surface area (Å²) in [6.07, 6.45) is 2.81. The Hall–Kier alpha value is -1.38. The molecule has 1 fully saturated rings. The van der Waals surface area contributed by atoms with Crippen LogP contribution in [0, 0.1) is 0 Å². The predicted octanol–water partition coefficient (Wildman–Crippen LogP) is 2.31. The lowest BCUT2D eigenvalue weighted by Crippen LogP contribution is -2.01. The highest BCUT2D eigenvalue weighted by Crippen LogP contribution is 2.33. The Labute approximate surface area is 84.5 Å². The van der Waals surface area contributed by atoms with Gasteiger partial charge in [-0.2, -0.15) is 0 Å². The van der Waals surface area contributed by atoms with Crippen LogP contribution in [-0.4, -0.2) is 20.2 Å². The second kappa shape index (κ2) is 3.78. The number of rotatable bonds is 4. The van der Waals surface area contributed by atoms with Crippen molar-refractivity contribution < 1.29 is 4.74 Å². The molecule has 1 aliphatic carbocycles. The van der Waals surface area contributed by atoms with E-state index in [2.05, 4.69) is 10.6 Å². The maximum atomic E-state index is 5.79. The van der Waals surface area contributed by atoms with E-state index in [0.29, 0.717) is 6.10 Å². The summed E-state index contributed by atoms with van der Waals surface area (Å²) in [4.78, 5) is 0. The number of anilines is 2. The molecule has 0 aliphatic heterocycles. The minimum absolute atomic E-state index is 0.439. The van der Waals surface area contributed by atoms with Gasteiger partial charge in [-0.15, -0.1) is 0 Å². The normalized spacial score (nSPS) is 15.0. The van der Waals surface area contributed by atoms with Gasteiger partial charge in [-0.05, 0) is 25.0 Å². The van der Waals surface area contributed by atoms with Gasteiger partial charge in [0.25, 0.3) is 0 Å². The lowest BCUT2D eigenvalue weighted by atomic mass is 10.2. The van der Waals surface area contributed by atoms with Gasteiger partial charge in [-0.3, -0.25) is 0 Å². The summed E-state index contributed by atoms with van der Waals surface area (Å²) >= 11 is 0. The van der Waals surface area contributed by atoms with E-state index in [-0.39, 0.29) is 0 Å². The number of ether oxygens (including phenoxy) is 1. The maximum absolute atomic E-state index is 5.79. The van der Waals surface area contributed by atoms with Gasteiger partial charge in [0.2, 0.25) is 0 Å². The molecule has 1 saturated carbocycles. The highest BCUT2D eigenvalue weighted by molar-refractivity contribution is 5.63. The molecule has 0 amide bonds. The van der Waals surface area contributed by atoms with Crippen LogP contribution < -0.4 is 15.4 Å². The Morgan fingerprint density at radius 3 is 2.57 bits per heavy atom. The zero-order valence-electron chi connectivity index (χ0n) is 8.63. The molecule has 0 spiro atoms. The number of hydrogen-bond acceptors (Lipinski definition) is 3. The fourth-order valence-electron chi connectivity index (χ4n) is 1.35. The molecule has 0 unspecified atom stereocenters. The van der Waals surface area contributed by atoms with Crippen molar-refractivity contribution in [2.24, 2.45) is 0 Å². The lowest BCUT2D eigenvalue weighted by Gasteiger charge is -2.12. The zero-order chi connectivity index (χ0) is 9.97. The fraction of sp³-hybridized carbons (Fsp3) is 0.455. The van der Waals surface area contributed by atoms with Gasteiger partial charge in [-0.25, -0.2) is 0 Å². The van der Waals surface area contributed by atoms with E-state index in [1.54, 1.807) is 0 Å². The van der Waals surface area contributed by atoms with Gasteiger partial charge >= 0.3 is 0 Å². The van der Waals surface area contributed by atoms with E-state index in [4.69, 9.17) is 4.74 Å². The highest BCUT2D eigenvalue weighted by atomic mass is 16.5. The summed E-state index contributed by atoms with van der Waals surface area (Å²) < 4.78 is 5.79. The van der Waals surface area contributed by atoms with Gasteiger partial charge in [0.1, 0.15) is 5.75 Å². The van der Waals surface area contributed by atoms with E-state index in [1.165, 1.54) is 12.8 Å². The number of nitrogens with one attached hydrogen (secondary N) is 2. The molecule has 76 valence electrons. The van der Waals surface area contributed by atoms with E-state index in [9.17, 15) is 0 Å². The molecule has 1 aromatic rings. The molecular weight excluding hydrogens is 176 g/mol. The zero-order valence-corrected chi connectivity index (χ0v) is 8.63. The summed E-state index contributed by atoms with van der Waals surface area (Å²) in [5, 5.41) is 6.23. The lowest BCUT2D eigenvalue weighted by molar-refractivity contribution is 0.305. The van der Waals surface area contributed by atoms with Crippen LogP contribution in [0.15, 0.2) is 18.2 Å². The molecule has 3 heteroatoms. The summed E-state index contributed by atoms with van der Waals surface area (Å²) in [6.45, 7) is 0. The first kappa shape index (κ1) is 9.19.